The van der Waals surface area contributed by atoms with Crippen LogP contribution in [-0.2, 0) is 52.3 Å². The van der Waals surface area contributed by atoms with Crippen LogP contribution >= 0.6 is 0 Å². The molecule has 378 valence electrons. The van der Waals surface area contributed by atoms with E-state index in [1.165, 1.54) is 5.57 Å². The van der Waals surface area contributed by atoms with Crippen LogP contribution in [0.15, 0.2) is 11.6 Å². The molecular formula is C47H70O20. The monoisotopic (exact) mass is 954 g/mol. The molecule has 3 saturated heterocycles. The molecule has 3 heterocycles. The third-order valence-corrected chi connectivity index (χ3v) is 18.7. The van der Waals surface area contributed by atoms with E-state index in [9.17, 15) is 65.1 Å². The van der Waals surface area contributed by atoms with Gasteiger partial charge in [-0.15, -0.1) is 0 Å². The van der Waals surface area contributed by atoms with Crippen molar-refractivity contribution in [3.8, 4) is 0 Å². The number of carbonyl (C=O) groups is 4. The van der Waals surface area contributed by atoms with Gasteiger partial charge in [-0.2, -0.15) is 0 Å². The zero-order chi connectivity index (χ0) is 49.2. The first-order valence-electron chi connectivity index (χ1n) is 23.7. The van der Waals surface area contributed by atoms with Crippen LogP contribution in [0.2, 0.25) is 0 Å². The van der Waals surface area contributed by atoms with Crippen molar-refractivity contribution >= 4 is 23.9 Å². The molecule has 8 rings (SSSR count). The SMILES string of the molecule is CC1(C)CC[C@]2(C(=O)O[C@@H]3O[C@H](CO)[C@@H](O)[C@H](O)[C@H]3O)CC[C@]3(C)C(=CC[C@@H]4[C@@]5(C)CC[C@H](O[C@@H]6O[C@H](C(=O)O)[C@@H](O)[C@@H]7OC(O)(C(=O)O)C(OCC(=O)O)O[C@@H]67)C(C)(C)[C@@H]5CC[C@]43C)[C@@H]2C1. The topological polar surface area (TPSA) is 315 Å². The van der Waals surface area contributed by atoms with Gasteiger partial charge in [-0.05, 0) is 109 Å². The van der Waals surface area contributed by atoms with Crippen molar-refractivity contribution in [3.05, 3.63) is 11.6 Å². The Bertz CT molecular complexity index is 1990. The lowest BCUT2D eigenvalue weighted by molar-refractivity contribution is -0.443. The van der Waals surface area contributed by atoms with Gasteiger partial charge < -0.3 is 79.1 Å². The standard InChI is InChI=1S/C47H70O20/c1-41(2)14-16-46(39(59)66-36-30(53)29(52)28(51)23(19-48)62-36)17-15-44(6)21(22(46)18-41)8-9-25-43(5)12-11-26(42(3,4)24(43)10-13-45(25,44)7)63-37-34-32(31(54)33(64-37)35(55)56)67-47(60,38(57)58)40(65-34)61-20-27(49)50/h8,22-26,28-34,36-37,40,48,51-54,60H,9-20H2,1-7H3,(H,49,50)(H,55,56)(H,57,58)/t22-,23+,24-,25+,26-,28+,29-,30+,31-,32-,33-,34+,36-,37+,40?,43-,44+,45+,46-,47?/m0/s1. The van der Waals surface area contributed by atoms with Gasteiger partial charge in [-0.1, -0.05) is 60.1 Å². The van der Waals surface area contributed by atoms with Crippen LogP contribution in [0.5, 0.6) is 0 Å². The summed E-state index contributed by atoms with van der Waals surface area (Å²) in [6.45, 7) is 14.0. The van der Waals surface area contributed by atoms with Crippen molar-refractivity contribution < 1.29 is 98.3 Å². The highest BCUT2D eigenvalue weighted by Gasteiger charge is 2.71. The average Bonchev–Trinajstić information content (AvgIpc) is 3.24. The molecule has 0 spiro atoms. The van der Waals surface area contributed by atoms with Gasteiger partial charge >= 0.3 is 29.7 Å². The maximum absolute atomic E-state index is 14.7. The zero-order valence-corrected chi connectivity index (χ0v) is 39.2. The molecule has 20 atom stereocenters. The fourth-order valence-corrected chi connectivity index (χ4v) is 14.7. The summed E-state index contributed by atoms with van der Waals surface area (Å²) in [5.74, 6) is -8.90. The molecule has 0 radical (unpaired) electrons. The minimum absolute atomic E-state index is 0.0627. The highest BCUT2D eigenvalue weighted by Crippen LogP contribution is 2.76. The number of carboxylic acid groups (broad SMARTS) is 3. The Kier molecular flexibility index (Phi) is 13.0. The van der Waals surface area contributed by atoms with Crippen LogP contribution in [0.3, 0.4) is 0 Å². The normalized spacial score (nSPS) is 49.9. The Labute approximate surface area is 388 Å². The molecule has 7 fully saturated rings. The van der Waals surface area contributed by atoms with Crippen molar-refractivity contribution in [2.24, 2.45) is 50.2 Å². The van der Waals surface area contributed by atoms with Crippen molar-refractivity contribution in [1.82, 2.24) is 0 Å². The number of aliphatic carboxylic acids is 3. The fraction of sp³-hybridized carbons (Fsp3) is 0.872. The predicted octanol–water partition coefficient (Wildman–Crippen LogP) is 1.67. The Balaban J connectivity index is 1.06. The summed E-state index contributed by atoms with van der Waals surface area (Å²) in [6.07, 6.45) is -10.4. The predicted molar refractivity (Wildman–Crippen MR) is 226 cm³/mol. The van der Waals surface area contributed by atoms with E-state index in [0.29, 0.717) is 32.1 Å². The third kappa shape index (κ3) is 7.78. The van der Waals surface area contributed by atoms with Crippen LogP contribution in [0.4, 0.5) is 0 Å². The fourth-order valence-electron chi connectivity index (χ4n) is 14.7. The lowest BCUT2D eigenvalue weighted by Crippen LogP contribution is -2.72. The lowest BCUT2D eigenvalue weighted by Gasteiger charge is -2.71. The summed E-state index contributed by atoms with van der Waals surface area (Å²) in [5, 5.41) is 92.8. The van der Waals surface area contributed by atoms with Crippen molar-refractivity contribution in [3.63, 3.8) is 0 Å². The first-order chi connectivity index (χ1) is 31.1. The number of esters is 1. The second-order valence-corrected chi connectivity index (χ2v) is 22.9. The van der Waals surface area contributed by atoms with Crippen LogP contribution < -0.4 is 0 Å². The van der Waals surface area contributed by atoms with Gasteiger partial charge in [0.15, 0.2) is 12.4 Å². The number of hydrogen-bond donors (Lipinski definition) is 9. The Morgan fingerprint density at radius 3 is 2.09 bits per heavy atom. The molecule has 20 nitrogen and oxygen atoms in total. The summed E-state index contributed by atoms with van der Waals surface area (Å²) < 4.78 is 40.5. The van der Waals surface area contributed by atoms with Crippen LogP contribution in [0.1, 0.15) is 113 Å². The second-order valence-electron chi connectivity index (χ2n) is 22.9. The molecule has 8 aliphatic rings. The van der Waals surface area contributed by atoms with E-state index < -0.39 is 128 Å². The van der Waals surface area contributed by atoms with E-state index in [1.807, 2.05) is 0 Å². The van der Waals surface area contributed by atoms with Gasteiger partial charge in [0, 0.05) is 0 Å². The minimum atomic E-state index is -3.32. The largest absolute Gasteiger partial charge is 0.480 e. The molecule has 0 bridgehead atoms. The van der Waals surface area contributed by atoms with E-state index in [2.05, 4.69) is 54.5 Å². The Morgan fingerprint density at radius 1 is 0.761 bits per heavy atom. The van der Waals surface area contributed by atoms with Gasteiger partial charge in [0.2, 0.25) is 12.6 Å². The van der Waals surface area contributed by atoms with Crippen molar-refractivity contribution in [2.45, 2.75) is 192 Å². The molecule has 9 N–H and O–H groups in total. The molecule has 3 aliphatic heterocycles. The van der Waals surface area contributed by atoms with Gasteiger partial charge in [0.1, 0.15) is 49.3 Å². The number of carbonyl (C=O) groups excluding carboxylic acids is 1. The smallest absolute Gasteiger partial charge is 0.369 e. The minimum Gasteiger partial charge on any atom is -0.480 e. The molecule has 67 heavy (non-hydrogen) atoms. The number of aliphatic hydroxyl groups excluding tert-OH is 5. The molecule has 5 aliphatic carbocycles. The molecular weight excluding hydrogens is 884 g/mol. The quantitative estimate of drug-likeness (QED) is 0.0854. The number of carboxylic acids is 3. The van der Waals surface area contributed by atoms with E-state index in [4.69, 9.17) is 33.2 Å². The number of aliphatic hydroxyl groups is 6. The first-order valence-corrected chi connectivity index (χ1v) is 23.7. The average molecular weight is 955 g/mol. The number of hydrogen-bond acceptors (Lipinski definition) is 17. The van der Waals surface area contributed by atoms with E-state index >= 15 is 0 Å². The summed E-state index contributed by atoms with van der Waals surface area (Å²) in [4.78, 5) is 50.7. The van der Waals surface area contributed by atoms with E-state index in [-0.39, 0.29) is 39.4 Å². The lowest BCUT2D eigenvalue weighted by atomic mass is 9.33. The number of rotatable bonds is 10. The number of allylic oxidation sites excluding steroid dienone is 2. The summed E-state index contributed by atoms with van der Waals surface area (Å²) in [6, 6.07) is 0. The van der Waals surface area contributed by atoms with Gasteiger partial charge in [-0.3, -0.25) is 4.79 Å². The number of fused-ring (bicyclic) bond motifs is 8. The molecule has 0 aromatic carbocycles. The Hall–Kier alpha value is -2.86. The molecule has 20 heteroatoms. The highest BCUT2D eigenvalue weighted by molar-refractivity contribution is 5.79. The second kappa shape index (κ2) is 17.2. The van der Waals surface area contributed by atoms with Crippen LogP contribution in [0, 0.1) is 50.2 Å². The highest BCUT2D eigenvalue weighted by atomic mass is 16.8. The maximum atomic E-state index is 14.7. The summed E-state index contributed by atoms with van der Waals surface area (Å²) >= 11 is 0. The van der Waals surface area contributed by atoms with Crippen molar-refractivity contribution in [2.75, 3.05) is 13.2 Å². The third-order valence-electron chi connectivity index (χ3n) is 18.7. The summed E-state index contributed by atoms with van der Waals surface area (Å²) in [7, 11) is 0. The van der Waals surface area contributed by atoms with Gasteiger partial charge in [0.05, 0.1) is 18.1 Å². The molecule has 0 aromatic heterocycles. The van der Waals surface area contributed by atoms with E-state index in [0.717, 1.165) is 32.1 Å². The van der Waals surface area contributed by atoms with E-state index in [1.54, 1.807) is 0 Å². The molecule has 2 unspecified atom stereocenters. The molecule has 0 amide bonds. The molecule has 4 saturated carbocycles. The van der Waals surface area contributed by atoms with Crippen molar-refractivity contribution in [1.29, 1.82) is 0 Å². The Morgan fingerprint density at radius 2 is 1.45 bits per heavy atom. The zero-order valence-electron chi connectivity index (χ0n) is 39.2. The maximum Gasteiger partial charge on any atom is 0.369 e. The van der Waals surface area contributed by atoms with Crippen LogP contribution in [0.25, 0.3) is 0 Å². The molecule has 0 aromatic rings. The van der Waals surface area contributed by atoms with Gasteiger partial charge in [0.25, 0.3) is 0 Å². The summed E-state index contributed by atoms with van der Waals surface area (Å²) in [5.41, 5.74) is -1.15. The first kappa shape index (κ1) is 50.5. The van der Waals surface area contributed by atoms with Crippen LogP contribution in [-0.4, -0.2) is 163 Å². The van der Waals surface area contributed by atoms with Gasteiger partial charge in [-0.25, -0.2) is 14.4 Å². The number of ether oxygens (including phenoxy) is 7.